The van der Waals surface area contributed by atoms with Gasteiger partial charge in [0, 0.05) is 18.7 Å². The van der Waals surface area contributed by atoms with Gasteiger partial charge in [0.2, 0.25) is 0 Å². The van der Waals surface area contributed by atoms with E-state index >= 15 is 0 Å². The fraction of sp³-hybridized carbons (Fsp3) is 0.647. The minimum atomic E-state index is 0.124. The minimum Gasteiger partial charge on any atom is -0.493 e. The van der Waals surface area contributed by atoms with Crippen LogP contribution in [-0.4, -0.2) is 26.3 Å². The number of morpholine rings is 1. The number of hydrogen-bond donors (Lipinski definition) is 1. The van der Waals surface area contributed by atoms with E-state index in [2.05, 4.69) is 31.3 Å². The molecular weight excluding hydrogens is 250 g/mol. The maximum absolute atomic E-state index is 6.17. The van der Waals surface area contributed by atoms with Crippen molar-refractivity contribution < 1.29 is 9.47 Å². The first-order valence-corrected chi connectivity index (χ1v) is 7.80. The first-order valence-electron chi connectivity index (χ1n) is 7.80. The molecule has 1 saturated carbocycles. The van der Waals surface area contributed by atoms with E-state index in [1.54, 1.807) is 0 Å². The first kappa shape index (κ1) is 13.9. The Morgan fingerprint density at radius 2 is 2.15 bits per heavy atom. The van der Waals surface area contributed by atoms with Crippen LogP contribution in [-0.2, 0) is 4.74 Å². The molecule has 1 N–H and O–H groups in total. The van der Waals surface area contributed by atoms with E-state index in [1.165, 1.54) is 36.0 Å². The predicted molar refractivity (Wildman–Crippen MR) is 80.3 cm³/mol. The van der Waals surface area contributed by atoms with Crippen LogP contribution in [0.3, 0.4) is 0 Å². The second-order valence-corrected chi connectivity index (χ2v) is 6.17. The SMILES string of the molecule is Cc1cc(C)c(OCC2CCC2)c(C2CNCCO2)c1. The molecule has 20 heavy (non-hydrogen) atoms. The van der Waals surface area contributed by atoms with Crippen LogP contribution in [0.1, 0.15) is 42.1 Å². The van der Waals surface area contributed by atoms with Crippen LogP contribution < -0.4 is 10.1 Å². The predicted octanol–water partition coefficient (Wildman–Crippen LogP) is 3.14. The molecule has 110 valence electrons. The van der Waals surface area contributed by atoms with Gasteiger partial charge in [-0.3, -0.25) is 0 Å². The Labute approximate surface area is 121 Å². The highest BCUT2D eigenvalue weighted by Gasteiger charge is 2.23. The van der Waals surface area contributed by atoms with Crippen molar-refractivity contribution in [3.8, 4) is 5.75 Å². The highest BCUT2D eigenvalue weighted by Crippen LogP contribution is 2.34. The van der Waals surface area contributed by atoms with E-state index in [1.807, 2.05) is 0 Å². The van der Waals surface area contributed by atoms with Crippen molar-refractivity contribution in [1.82, 2.24) is 5.32 Å². The Balaban J connectivity index is 1.80. The van der Waals surface area contributed by atoms with Gasteiger partial charge >= 0.3 is 0 Å². The smallest absolute Gasteiger partial charge is 0.128 e. The largest absolute Gasteiger partial charge is 0.493 e. The molecule has 1 heterocycles. The highest BCUT2D eigenvalue weighted by molar-refractivity contribution is 5.45. The van der Waals surface area contributed by atoms with Crippen LogP contribution in [0, 0.1) is 19.8 Å². The van der Waals surface area contributed by atoms with Gasteiger partial charge < -0.3 is 14.8 Å². The first-order chi connectivity index (χ1) is 9.74. The summed E-state index contributed by atoms with van der Waals surface area (Å²) in [5.74, 6) is 1.81. The molecule has 0 aromatic heterocycles. The standard InChI is InChI=1S/C17H25NO2/c1-12-8-13(2)17(20-11-14-4-3-5-14)15(9-12)16-10-18-6-7-19-16/h8-9,14,16,18H,3-7,10-11H2,1-2H3. The molecule has 1 aliphatic heterocycles. The number of hydrogen-bond acceptors (Lipinski definition) is 3. The summed E-state index contributed by atoms with van der Waals surface area (Å²) in [5, 5.41) is 3.41. The lowest BCUT2D eigenvalue weighted by Gasteiger charge is -2.29. The Bertz CT molecular complexity index is 462. The molecule has 3 nitrogen and oxygen atoms in total. The maximum atomic E-state index is 6.17. The zero-order valence-electron chi connectivity index (χ0n) is 12.6. The van der Waals surface area contributed by atoms with Crippen LogP contribution in [0.2, 0.25) is 0 Å². The second-order valence-electron chi connectivity index (χ2n) is 6.17. The van der Waals surface area contributed by atoms with Gasteiger partial charge in [0.15, 0.2) is 0 Å². The molecular formula is C17H25NO2. The van der Waals surface area contributed by atoms with Crippen molar-refractivity contribution in [1.29, 1.82) is 0 Å². The molecule has 2 fully saturated rings. The van der Waals surface area contributed by atoms with Gasteiger partial charge in [-0.05, 0) is 44.2 Å². The summed E-state index contributed by atoms with van der Waals surface area (Å²) in [4.78, 5) is 0. The number of nitrogens with one attached hydrogen (secondary N) is 1. The summed E-state index contributed by atoms with van der Waals surface area (Å²) in [6.07, 6.45) is 4.13. The molecule has 1 atom stereocenters. The number of rotatable bonds is 4. The summed E-state index contributed by atoms with van der Waals surface area (Å²) in [7, 11) is 0. The lowest BCUT2D eigenvalue weighted by atomic mass is 9.86. The van der Waals surface area contributed by atoms with Gasteiger partial charge in [-0.15, -0.1) is 0 Å². The van der Waals surface area contributed by atoms with Crippen molar-refractivity contribution in [3.05, 3.63) is 28.8 Å². The maximum Gasteiger partial charge on any atom is 0.128 e. The van der Waals surface area contributed by atoms with E-state index in [0.717, 1.165) is 38.0 Å². The van der Waals surface area contributed by atoms with Crippen molar-refractivity contribution in [3.63, 3.8) is 0 Å². The Hall–Kier alpha value is -1.06. The Kier molecular flexibility index (Phi) is 4.27. The molecule has 1 unspecified atom stereocenters. The molecule has 1 aromatic carbocycles. The van der Waals surface area contributed by atoms with Crippen molar-refractivity contribution in [2.45, 2.75) is 39.2 Å². The Morgan fingerprint density at radius 3 is 2.80 bits per heavy atom. The van der Waals surface area contributed by atoms with Crippen molar-refractivity contribution >= 4 is 0 Å². The zero-order chi connectivity index (χ0) is 13.9. The van der Waals surface area contributed by atoms with E-state index < -0.39 is 0 Å². The van der Waals surface area contributed by atoms with Gasteiger partial charge in [-0.25, -0.2) is 0 Å². The monoisotopic (exact) mass is 275 g/mol. The molecule has 1 aliphatic carbocycles. The average Bonchev–Trinajstić information content (AvgIpc) is 2.40. The van der Waals surface area contributed by atoms with Gasteiger partial charge in [0.05, 0.1) is 19.3 Å². The Morgan fingerprint density at radius 1 is 1.30 bits per heavy atom. The lowest BCUT2D eigenvalue weighted by Crippen LogP contribution is -2.33. The molecule has 0 amide bonds. The molecule has 3 heteroatoms. The number of ether oxygens (including phenoxy) is 2. The topological polar surface area (TPSA) is 30.5 Å². The van der Waals surface area contributed by atoms with E-state index in [4.69, 9.17) is 9.47 Å². The lowest BCUT2D eigenvalue weighted by molar-refractivity contribution is 0.0252. The number of benzene rings is 1. The summed E-state index contributed by atoms with van der Waals surface area (Å²) < 4.78 is 12.1. The molecule has 3 rings (SSSR count). The van der Waals surface area contributed by atoms with Gasteiger partial charge in [-0.1, -0.05) is 18.1 Å². The summed E-state index contributed by atoms with van der Waals surface area (Å²) in [5.41, 5.74) is 3.73. The third-order valence-electron chi connectivity index (χ3n) is 4.41. The minimum absolute atomic E-state index is 0.124. The fourth-order valence-corrected chi connectivity index (χ4v) is 3.05. The summed E-state index contributed by atoms with van der Waals surface area (Å²) in [6, 6.07) is 4.43. The van der Waals surface area contributed by atoms with E-state index in [9.17, 15) is 0 Å². The van der Waals surface area contributed by atoms with Crippen molar-refractivity contribution in [2.24, 2.45) is 5.92 Å². The van der Waals surface area contributed by atoms with E-state index in [-0.39, 0.29) is 6.10 Å². The number of aryl methyl sites for hydroxylation is 2. The summed E-state index contributed by atoms with van der Waals surface area (Å²) >= 11 is 0. The highest BCUT2D eigenvalue weighted by atomic mass is 16.5. The molecule has 0 spiro atoms. The molecule has 1 saturated heterocycles. The van der Waals surface area contributed by atoms with Crippen LogP contribution in [0.25, 0.3) is 0 Å². The molecule has 0 bridgehead atoms. The molecule has 0 radical (unpaired) electrons. The second kappa shape index (κ2) is 6.15. The summed E-state index contributed by atoms with van der Waals surface area (Å²) in [6.45, 7) is 7.74. The third kappa shape index (κ3) is 2.99. The zero-order valence-corrected chi connectivity index (χ0v) is 12.6. The van der Waals surface area contributed by atoms with Gasteiger partial charge in [0.1, 0.15) is 5.75 Å². The van der Waals surface area contributed by atoms with E-state index in [0.29, 0.717) is 0 Å². The van der Waals surface area contributed by atoms with Crippen LogP contribution in [0.15, 0.2) is 12.1 Å². The van der Waals surface area contributed by atoms with Gasteiger partial charge in [-0.2, -0.15) is 0 Å². The fourth-order valence-electron chi connectivity index (χ4n) is 3.05. The molecule has 2 aliphatic rings. The van der Waals surface area contributed by atoms with Crippen LogP contribution >= 0.6 is 0 Å². The average molecular weight is 275 g/mol. The van der Waals surface area contributed by atoms with Crippen LogP contribution in [0.5, 0.6) is 5.75 Å². The quantitative estimate of drug-likeness (QED) is 0.915. The third-order valence-corrected chi connectivity index (χ3v) is 4.41. The molecule has 1 aromatic rings. The van der Waals surface area contributed by atoms with Crippen LogP contribution in [0.4, 0.5) is 0 Å². The van der Waals surface area contributed by atoms with Gasteiger partial charge in [0.25, 0.3) is 0 Å². The van der Waals surface area contributed by atoms with Crippen molar-refractivity contribution in [2.75, 3.05) is 26.3 Å². The normalized spacial score (nSPS) is 23.4.